The summed E-state index contributed by atoms with van der Waals surface area (Å²) >= 11 is 5.42. The first-order valence-corrected chi connectivity index (χ1v) is 8.00. The molecule has 0 unspecified atom stereocenters. The summed E-state index contributed by atoms with van der Waals surface area (Å²) in [5, 5.41) is 2.65. The van der Waals surface area contributed by atoms with E-state index in [-0.39, 0.29) is 28.9 Å². The molecule has 0 saturated carbocycles. The first-order valence-electron chi connectivity index (χ1n) is 7.47. The van der Waals surface area contributed by atoms with Crippen LogP contribution in [0.4, 0.5) is 5.69 Å². The minimum absolute atomic E-state index is 0.108. The molecular weight excluding hydrogens is 328 g/mol. The maximum absolute atomic E-state index is 12.7. The molecular formula is C18H15ClN2O3. The van der Waals surface area contributed by atoms with Crippen LogP contribution in [-0.2, 0) is 11.2 Å². The standard InChI is InChI=1S/C18H15ClN2O3/c19-9-14(22)21-8-7-10-5-6-13-15(16(10)20)18(24)12-4-2-1-3-11(12)17(13)23/h1-6H,7-9,20H2,(H,21,22). The third-order valence-electron chi connectivity index (χ3n) is 4.06. The van der Waals surface area contributed by atoms with E-state index >= 15 is 0 Å². The van der Waals surface area contributed by atoms with Crippen LogP contribution in [0, 0.1) is 0 Å². The highest BCUT2D eigenvalue weighted by molar-refractivity contribution is 6.30. The molecule has 1 aliphatic carbocycles. The van der Waals surface area contributed by atoms with E-state index in [0.717, 1.165) is 0 Å². The number of nitrogen functional groups attached to an aromatic ring is 1. The van der Waals surface area contributed by atoms with Gasteiger partial charge in [-0.1, -0.05) is 30.3 Å². The lowest BCUT2D eigenvalue weighted by molar-refractivity contribution is -0.118. The summed E-state index contributed by atoms with van der Waals surface area (Å²) in [5.41, 5.74) is 8.50. The summed E-state index contributed by atoms with van der Waals surface area (Å²) in [7, 11) is 0. The van der Waals surface area contributed by atoms with Crippen molar-refractivity contribution in [2.24, 2.45) is 0 Å². The van der Waals surface area contributed by atoms with Gasteiger partial charge in [-0.05, 0) is 18.1 Å². The van der Waals surface area contributed by atoms with Crippen LogP contribution in [0.15, 0.2) is 36.4 Å². The first kappa shape index (κ1) is 16.2. The molecule has 0 spiro atoms. The molecule has 5 nitrogen and oxygen atoms in total. The van der Waals surface area contributed by atoms with E-state index < -0.39 is 0 Å². The average molecular weight is 343 g/mol. The zero-order chi connectivity index (χ0) is 17.3. The van der Waals surface area contributed by atoms with E-state index in [1.807, 2.05) is 0 Å². The molecule has 0 radical (unpaired) electrons. The molecule has 24 heavy (non-hydrogen) atoms. The number of rotatable bonds is 4. The zero-order valence-electron chi connectivity index (χ0n) is 12.8. The Kier molecular flexibility index (Phi) is 4.36. The Morgan fingerprint density at radius 3 is 2.33 bits per heavy atom. The van der Waals surface area contributed by atoms with Gasteiger partial charge >= 0.3 is 0 Å². The molecule has 1 aliphatic rings. The Morgan fingerprint density at radius 1 is 1.00 bits per heavy atom. The number of alkyl halides is 1. The second-order valence-electron chi connectivity index (χ2n) is 5.50. The Balaban J connectivity index is 1.95. The molecule has 0 fully saturated rings. The van der Waals surface area contributed by atoms with Gasteiger partial charge in [0.25, 0.3) is 0 Å². The highest BCUT2D eigenvalue weighted by Gasteiger charge is 2.31. The fourth-order valence-corrected chi connectivity index (χ4v) is 2.95. The summed E-state index contributed by atoms with van der Waals surface area (Å²) < 4.78 is 0. The lowest BCUT2D eigenvalue weighted by Crippen LogP contribution is -2.27. The van der Waals surface area contributed by atoms with Gasteiger partial charge in [0, 0.05) is 28.9 Å². The second kappa shape index (κ2) is 6.45. The van der Waals surface area contributed by atoms with Gasteiger partial charge in [-0.15, -0.1) is 11.6 Å². The van der Waals surface area contributed by atoms with Crippen LogP contribution in [0.5, 0.6) is 0 Å². The maximum atomic E-state index is 12.7. The number of hydrogen-bond donors (Lipinski definition) is 2. The van der Waals surface area contributed by atoms with E-state index in [1.54, 1.807) is 36.4 Å². The van der Waals surface area contributed by atoms with Crippen molar-refractivity contribution in [1.29, 1.82) is 0 Å². The number of nitrogens with one attached hydrogen (secondary N) is 1. The lowest BCUT2D eigenvalue weighted by atomic mass is 9.82. The largest absolute Gasteiger partial charge is 0.398 e. The summed E-state index contributed by atoms with van der Waals surface area (Å²) in [5.74, 6) is -0.824. The second-order valence-corrected chi connectivity index (χ2v) is 5.77. The number of carbonyl (C=O) groups excluding carboxylic acids is 3. The molecule has 3 rings (SSSR count). The monoisotopic (exact) mass is 342 g/mol. The Bertz CT molecular complexity index is 861. The molecule has 6 heteroatoms. The number of fused-ring (bicyclic) bond motifs is 2. The number of benzene rings is 2. The maximum Gasteiger partial charge on any atom is 0.234 e. The zero-order valence-corrected chi connectivity index (χ0v) is 13.5. The summed E-state index contributed by atoms with van der Waals surface area (Å²) in [6, 6.07) is 10.1. The van der Waals surface area contributed by atoms with Crippen LogP contribution in [0.25, 0.3) is 0 Å². The SMILES string of the molecule is Nc1c(CCNC(=O)CCl)ccc2c1C(=O)c1ccccc1C2=O. The lowest BCUT2D eigenvalue weighted by Gasteiger charge is -2.20. The molecule has 0 aromatic heterocycles. The smallest absolute Gasteiger partial charge is 0.234 e. The van der Waals surface area contributed by atoms with E-state index in [1.165, 1.54) is 0 Å². The van der Waals surface area contributed by atoms with Crippen LogP contribution < -0.4 is 11.1 Å². The third kappa shape index (κ3) is 2.67. The van der Waals surface area contributed by atoms with Gasteiger partial charge in [-0.2, -0.15) is 0 Å². The van der Waals surface area contributed by atoms with Gasteiger partial charge in [0.05, 0.1) is 5.56 Å². The molecule has 1 amide bonds. The van der Waals surface area contributed by atoms with Crippen molar-refractivity contribution in [1.82, 2.24) is 5.32 Å². The summed E-state index contributed by atoms with van der Waals surface area (Å²) in [4.78, 5) is 36.5. The number of anilines is 1. The minimum atomic E-state index is -0.270. The fraction of sp³-hybridized carbons (Fsp3) is 0.167. The van der Waals surface area contributed by atoms with Gasteiger partial charge in [-0.3, -0.25) is 14.4 Å². The van der Waals surface area contributed by atoms with Gasteiger partial charge in [0.15, 0.2) is 11.6 Å². The molecule has 0 atom stereocenters. The van der Waals surface area contributed by atoms with Gasteiger partial charge in [0.2, 0.25) is 5.91 Å². The normalized spacial score (nSPS) is 12.5. The minimum Gasteiger partial charge on any atom is -0.398 e. The number of amides is 1. The molecule has 122 valence electrons. The number of ketones is 2. The molecule has 2 aromatic rings. The Morgan fingerprint density at radius 2 is 1.67 bits per heavy atom. The summed E-state index contributed by atoms with van der Waals surface area (Å²) in [6.07, 6.45) is 0.449. The van der Waals surface area contributed by atoms with E-state index in [9.17, 15) is 14.4 Å². The Labute approximate surface area is 143 Å². The van der Waals surface area contributed by atoms with E-state index in [4.69, 9.17) is 17.3 Å². The Hall–Kier alpha value is -2.66. The van der Waals surface area contributed by atoms with Crippen molar-refractivity contribution in [3.05, 3.63) is 64.2 Å². The van der Waals surface area contributed by atoms with Crippen molar-refractivity contribution in [3.8, 4) is 0 Å². The van der Waals surface area contributed by atoms with Gasteiger partial charge in [-0.25, -0.2) is 0 Å². The van der Waals surface area contributed by atoms with Crippen molar-refractivity contribution in [3.63, 3.8) is 0 Å². The molecule has 0 bridgehead atoms. The predicted molar refractivity (Wildman–Crippen MR) is 91.6 cm³/mol. The number of halogens is 1. The topological polar surface area (TPSA) is 89.3 Å². The first-order chi connectivity index (χ1) is 11.5. The quantitative estimate of drug-likeness (QED) is 0.560. The fourth-order valence-electron chi connectivity index (χ4n) is 2.86. The van der Waals surface area contributed by atoms with Crippen LogP contribution >= 0.6 is 11.6 Å². The molecule has 3 N–H and O–H groups in total. The average Bonchev–Trinajstić information content (AvgIpc) is 2.60. The van der Waals surface area contributed by atoms with Crippen molar-refractivity contribution >= 4 is 34.8 Å². The van der Waals surface area contributed by atoms with Crippen molar-refractivity contribution in [2.75, 3.05) is 18.2 Å². The number of carbonyl (C=O) groups is 3. The van der Waals surface area contributed by atoms with Crippen molar-refractivity contribution in [2.45, 2.75) is 6.42 Å². The predicted octanol–water partition coefficient (Wildman–Crippen LogP) is 1.94. The van der Waals surface area contributed by atoms with Crippen LogP contribution in [0.1, 0.15) is 37.4 Å². The molecule has 0 saturated heterocycles. The number of nitrogens with two attached hydrogens (primary N) is 1. The molecule has 0 heterocycles. The third-order valence-corrected chi connectivity index (χ3v) is 4.30. The highest BCUT2D eigenvalue weighted by atomic mass is 35.5. The number of hydrogen-bond acceptors (Lipinski definition) is 4. The van der Waals surface area contributed by atoms with Crippen LogP contribution in [0.2, 0.25) is 0 Å². The van der Waals surface area contributed by atoms with Crippen molar-refractivity contribution < 1.29 is 14.4 Å². The van der Waals surface area contributed by atoms with Gasteiger partial charge in [0.1, 0.15) is 5.88 Å². The highest BCUT2D eigenvalue weighted by Crippen LogP contribution is 2.32. The van der Waals surface area contributed by atoms with Crippen LogP contribution in [0.3, 0.4) is 0 Å². The molecule has 2 aromatic carbocycles. The molecule has 0 aliphatic heterocycles. The van der Waals surface area contributed by atoms with E-state index in [2.05, 4.69) is 5.32 Å². The van der Waals surface area contributed by atoms with Crippen LogP contribution in [-0.4, -0.2) is 29.9 Å². The van der Waals surface area contributed by atoms with Gasteiger partial charge < -0.3 is 11.1 Å². The van der Waals surface area contributed by atoms with E-state index in [0.29, 0.717) is 40.9 Å². The summed E-state index contributed by atoms with van der Waals surface area (Å²) in [6.45, 7) is 0.354.